The highest BCUT2D eigenvalue weighted by molar-refractivity contribution is 6.35. The van der Waals surface area contributed by atoms with Crippen LogP contribution in [-0.2, 0) is 6.54 Å². The van der Waals surface area contributed by atoms with Crippen LogP contribution >= 0.6 is 34.8 Å². The summed E-state index contributed by atoms with van der Waals surface area (Å²) in [4.78, 5) is 23.9. The third kappa shape index (κ3) is 3.58. The maximum atomic E-state index is 12.5. The molecule has 2 aromatic carbocycles. The molecule has 0 atom stereocenters. The average Bonchev–Trinajstić information content (AvgIpc) is 2.88. The number of hydrogen-bond acceptors (Lipinski definition) is 2. The fourth-order valence-corrected chi connectivity index (χ4v) is 3.02. The Kier molecular flexibility index (Phi) is 4.90. The zero-order valence-electron chi connectivity index (χ0n) is 12.6. The summed E-state index contributed by atoms with van der Waals surface area (Å²) in [5.41, 5.74) is 0.215. The van der Waals surface area contributed by atoms with Gasteiger partial charge in [0.25, 0.3) is 5.56 Å². The molecular weight excluding hydrogens is 387 g/mol. The summed E-state index contributed by atoms with van der Waals surface area (Å²) < 4.78 is 2.76. The van der Waals surface area contributed by atoms with Crippen molar-refractivity contribution >= 4 is 40.8 Å². The predicted molar refractivity (Wildman–Crippen MR) is 97.6 cm³/mol. The number of carbonyl (C=O) groups is 1. The van der Waals surface area contributed by atoms with E-state index in [1.165, 1.54) is 15.6 Å². The number of rotatable bonds is 4. The molecule has 0 unspecified atom stereocenters. The summed E-state index contributed by atoms with van der Waals surface area (Å²) in [5, 5.41) is 10.7. The first kappa shape index (κ1) is 17.6. The third-order valence-electron chi connectivity index (χ3n) is 3.61. The van der Waals surface area contributed by atoms with Crippen LogP contribution in [0.25, 0.3) is 5.69 Å². The molecular formula is C17H11Cl3N2O3. The Hall–Kier alpha value is -2.21. The molecule has 3 aromatic rings. The van der Waals surface area contributed by atoms with E-state index in [4.69, 9.17) is 34.8 Å². The minimum absolute atomic E-state index is 0.196. The molecule has 0 aliphatic carbocycles. The highest BCUT2D eigenvalue weighted by atomic mass is 35.5. The van der Waals surface area contributed by atoms with E-state index < -0.39 is 11.5 Å². The van der Waals surface area contributed by atoms with Crippen molar-refractivity contribution in [1.82, 2.24) is 9.36 Å². The third-order valence-corrected chi connectivity index (χ3v) is 4.45. The SMILES string of the molecule is O=C(O)c1cn(Cc2ccc(Cl)cc2Cl)n(-c2ccc(Cl)cc2)c1=O. The first-order valence-corrected chi connectivity index (χ1v) is 8.26. The summed E-state index contributed by atoms with van der Waals surface area (Å²) in [7, 11) is 0. The minimum atomic E-state index is -1.30. The Balaban J connectivity index is 2.15. The van der Waals surface area contributed by atoms with Gasteiger partial charge in [-0.25, -0.2) is 9.48 Å². The second-order valence-corrected chi connectivity index (χ2v) is 6.55. The number of aromatic carboxylic acids is 1. The first-order valence-electron chi connectivity index (χ1n) is 7.12. The van der Waals surface area contributed by atoms with Crippen LogP contribution in [0.15, 0.2) is 53.5 Å². The minimum Gasteiger partial charge on any atom is -0.477 e. The zero-order chi connectivity index (χ0) is 18.1. The van der Waals surface area contributed by atoms with Crippen molar-refractivity contribution in [2.45, 2.75) is 6.54 Å². The van der Waals surface area contributed by atoms with Crippen molar-refractivity contribution < 1.29 is 9.90 Å². The highest BCUT2D eigenvalue weighted by Crippen LogP contribution is 2.22. The molecule has 128 valence electrons. The van der Waals surface area contributed by atoms with Gasteiger partial charge < -0.3 is 5.11 Å². The van der Waals surface area contributed by atoms with Gasteiger partial charge in [-0.15, -0.1) is 0 Å². The van der Waals surface area contributed by atoms with Crippen molar-refractivity contribution in [1.29, 1.82) is 0 Å². The van der Waals surface area contributed by atoms with Crippen molar-refractivity contribution in [2.75, 3.05) is 0 Å². The number of nitrogens with zero attached hydrogens (tertiary/aromatic N) is 2. The molecule has 0 bridgehead atoms. The van der Waals surface area contributed by atoms with E-state index in [0.717, 1.165) is 0 Å². The molecule has 1 N–H and O–H groups in total. The lowest BCUT2D eigenvalue weighted by molar-refractivity contribution is 0.0695. The van der Waals surface area contributed by atoms with E-state index in [1.807, 2.05) is 0 Å². The normalized spacial score (nSPS) is 10.8. The second-order valence-electron chi connectivity index (χ2n) is 5.27. The van der Waals surface area contributed by atoms with Crippen molar-refractivity contribution in [2.24, 2.45) is 0 Å². The summed E-state index contributed by atoms with van der Waals surface area (Å²) in [6.45, 7) is 0.196. The van der Waals surface area contributed by atoms with Crippen LogP contribution in [0, 0.1) is 0 Å². The fraction of sp³-hybridized carbons (Fsp3) is 0.0588. The summed E-state index contributed by atoms with van der Waals surface area (Å²) in [5.74, 6) is -1.30. The maximum Gasteiger partial charge on any atom is 0.342 e. The Morgan fingerprint density at radius 3 is 2.24 bits per heavy atom. The molecule has 1 aromatic heterocycles. The lowest BCUT2D eigenvalue weighted by Crippen LogP contribution is -2.24. The number of benzene rings is 2. The van der Waals surface area contributed by atoms with E-state index in [2.05, 4.69) is 0 Å². The van der Waals surface area contributed by atoms with Crippen molar-refractivity contribution in [3.8, 4) is 5.69 Å². The molecule has 8 heteroatoms. The lowest BCUT2D eigenvalue weighted by Gasteiger charge is -2.13. The first-order chi connectivity index (χ1) is 11.9. The smallest absolute Gasteiger partial charge is 0.342 e. The molecule has 5 nitrogen and oxygen atoms in total. The molecule has 0 amide bonds. The molecule has 0 saturated heterocycles. The molecule has 25 heavy (non-hydrogen) atoms. The van der Waals surface area contributed by atoms with E-state index in [1.54, 1.807) is 42.5 Å². The van der Waals surface area contributed by atoms with Gasteiger partial charge in [0, 0.05) is 21.3 Å². The van der Waals surface area contributed by atoms with Gasteiger partial charge in [-0.1, -0.05) is 40.9 Å². The van der Waals surface area contributed by atoms with Crippen molar-refractivity contribution in [3.05, 3.63) is 85.2 Å². The van der Waals surface area contributed by atoms with Crippen LogP contribution in [-0.4, -0.2) is 20.4 Å². The molecule has 0 radical (unpaired) electrons. The largest absolute Gasteiger partial charge is 0.477 e. The van der Waals surface area contributed by atoms with Gasteiger partial charge in [0.05, 0.1) is 12.2 Å². The monoisotopic (exact) mass is 396 g/mol. The summed E-state index contributed by atoms with van der Waals surface area (Å²) >= 11 is 18.0. The van der Waals surface area contributed by atoms with Gasteiger partial charge in [0.1, 0.15) is 5.56 Å². The Bertz CT molecular complexity index is 1010. The highest BCUT2D eigenvalue weighted by Gasteiger charge is 2.19. The van der Waals surface area contributed by atoms with Crippen LogP contribution in [0.5, 0.6) is 0 Å². The molecule has 0 spiro atoms. The molecule has 1 heterocycles. The zero-order valence-corrected chi connectivity index (χ0v) is 14.9. The summed E-state index contributed by atoms with van der Waals surface area (Å²) in [6.07, 6.45) is 1.28. The van der Waals surface area contributed by atoms with Crippen LogP contribution in [0.1, 0.15) is 15.9 Å². The van der Waals surface area contributed by atoms with Crippen LogP contribution in [0.2, 0.25) is 15.1 Å². The standard InChI is InChI=1S/C17H11Cl3N2O3/c18-11-3-5-13(6-4-11)22-16(23)14(17(24)25)9-21(22)8-10-1-2-12(19)7-15(10)20/h1-7,9H,8H2,(H,24,25). The molecule has 0 aliphatic rings. The van der Waals surface area contributed by atoms with E-state index in [-0.39, 0.29) is 12.1 Å². The number of aromatic nitrogens is 2. The van der Waals surface area contributed by atoms with Gasteiger partial charge in [0.15, 0.2) is 0 Å². The van der Waals surface area contributed by atoms with Gasteiger partial charge in [-0.3, -0.25) is 9.48 Å². The van der Waals surface area contributed by atoms with Crippen molar-refractivity contribution in [3.63, 3.8) is 0 Å². The predicted octanol–water partition coefficient (Wildman–Crippen LogP) is 4.35. The van der Waals surface area contributed by atoms with Gasteiger partial charge in [0.2, 0.25) is 0 Å². The topological polar surface area (TPSA) is 64.2 Å². The fourth-order valence-electron chi connectivity index (χ4n) is 2.43. The maximum absolute atomic E-state index is 12.5. The summed E-state index contributed by atoms with van der Waals surface area (Å²) in [6, 6.07) is 11.5. The van der Waals surface area contributed by atoms with Crippen LogP contribution in [0.4, 0.5) is 0 Å². The Morgan fingerprint density at radius 2 is 1.64 bits per heavy atom. The molecule has 0 saturated carbocycles. The van der Waals surface area contributed by atoms with Gasteiger partial charge in [-0.05, 0) is 42.0 Å². The van der Waals surface area contributed by atoms with Gasteiger partial charge in [-0.2, -0.15) is 0 Å². The van der Waals surface area contributed by atoms with E-state index >= 15 is 0 Å². The second kappa shape index (κ2) is 6.96. The number of carboxylic acid groups (broad SMARTS) is 1. The molecule has 3 rings (SSSR count). The quantitative estimate of drug-likeness (QED) is 0.712. The van der Waals surface area contributed by atoms with Gasteiger partial charge >= 0.3 is 5.97 Å². The van der Waals surface area contributed by atoms with E-state index in [9.17, 15) is 14.7 Å². The molecule has 0 aliphatic heterocycles. The Labute approximate surface area is 157 Å². The number of hydrogen-bond donors (Lipinski definition) is 1. The number of carboxylic acids is 1. The van der Waals surface area contributed by atoms with E-state index in [0.29, 0.717) is 26.3 Å². The lowest BCUT2D eigenvalue weighted by atomic mass is 10.2. The van der Waals surface area contributed by atoms with Crippen LogP contribution < -0.4 is 5.56 Å². The average molecular weight is 398 g/mol. The molecule has 0 fully saturated rings. The van der Waals surface area contributed by atoms with Crippen LogP contribution in [0.3, 0.4) is 0 Å². The number of halogens is 3. The Morgan fingerprint density at radius 1 is 1.00 bits per heavy atom.